The molecule has 2 aliphatic carbocycles. The summed E-state index contributed by atoms with van der Waals surface area (Å²) in [7, 11) is 0. The third-order valence-electron chi connectivity index (χ3n) is 4.90. The second-order valence-electron chi connectivity index (χ2n) is 5.26. The fourth-order valence-electron chi connectivity index (χ4n) is 3.36. The van der Waals surface area contributed by atoms with Crippen LogP contribution in [0.25, 0.3) is 4.85 Å². The molecule has 0 amide bonds. The third-order valence-corrected chi connectivity index (χ3v) is 4.90. The molecule has 0 unspecified atom stereocenters. The highest BCUT2D eigenvalue weighted by Gasteiger charge is 2.65. The van der Waals surface area contributed by atoms with Gasteiger partial charge in [-0.05, 0) is 24.2 Å². The van der Waals surface area contributed by atoms with E-state index in [1.54, 1.807) is 0 Å². The maximum Gasteiger partial charge on any atom is 0.229 e. The van der Waals surface area contributed by atoms with Gasteiger partial charge in [-0.3, -0.25) is 0 Å². The third kappa shape index (κ3) is 0.648. The standard InChI is InChI=1S/C11H17N/c1-10(2)8-5-6-11(10,3)9(7-8)12-4/h8-9H,5-7H2,1-3H3/t8-,9-,11-/m1/s1. The summed E-state index contributed by atoms with van der Waals surface area (Å²) in [5, 5.41) is 0. The van der Waals surface area contributed by atoms with Crippen LogP contribution >= 0.6 is 0 Å². The van der Waals surface area contributed by atoms with Crippen molar-refractivity contribution in [3.63, 3.8) is 0 Å². The molecular formula is C11H17N. The van der Waals surface area contributed by atoms with Gasteiger partial charge in [0, 0.05) is 11.8 Å². The normalized spacial score (nSPS) is 49.2. The quantitative estimate of drug-likeness (QED) is 0.483. The van der Waals surface area contributed by atoms with Gasteiger partial charge in [-0.15, -0.1) is 0 Å². The fourth-order valence-corrected chi connectivity index (χ4v) is 3.36. The largest absolute Gasteiger partial charge is 0.313 e. The van der Waals surface area contributed by atoms with Crippen molar-refractivity contribution in [2.45, 2.75) is 46.1 Å². The molecule has 0 radical (unpaired) electrons. The lowest BCUT2D eigenvalue weighted by Gasteiger charge is -2.33. The first-order chi connectivity index (χ1) is 5.52. The first-order valence-electron chi connectivity index (χ1n) is 4.89. The Morgan fingerprint density at radius 1 is 1.33 bits per heavy atom. The van der Waals surface area contributed by atoms with Gasteiger partial charge in [0.1, 0.15) is 0 Å². The van der Waals surface area contributed by atoms with Crippen LogP contribution in [-0.4, -0.2) is 6.04 Å². The molecule has 0 heterocycles. The van der Waals surface area contributed by atoms with E-state index in [0.29, 0.717) is 16.9 Å². The Morgan fingerprint density at radius 2 is 2.00 bits per heavy atom. The van der Waals surface area contributed by atoms with Crippen molar-refractivity contribution in [3.8, 4) is 0 Å². The molecular weight excluding hydrogens is 146 g/mol. The van der Waals surface area contributed by atoms with E-state index in [0.717, 1.165) is 12.3 Å². The molecule has 3 atom stereocenters. The lowest BCUT2D eigenvalue weighted by atomic mass is 9.69. The minimum atomic E-state index is 0.311. The van der Waals surface area contributed by atoms with Crippen molar-refractivity contribution in [1.29, 1.82) is 0 Å². The zero-order valence-electron chi connectivity index (χ0n) is 8.22. The Kier molecular flexibility index (Phi) is 1.38. The summed E-state index contributed by atoms with van der Waals surface area (Å²) in [4.78, 5) is 3.79. The van der Waals surface area contributed by atoms with E-state index in [2.05, 4.69) is 25.6 Å². The molecule has 0 N–H and O–H groups in total. The summed E-state index contributed by atoms with van der Waals surface area (Å²) >= 11 is 0. The highest BCUT2D eigenvalue weighted by atomic mass is 14.8. The highest BCUT2D eigenvalue weighted by Crippen LogP contribution is 2.66. The van der Waals surface area contributed by atoms with E-state index >= 15 is 0 Å². The predicted octanol–water partition coefficient (Wildman–Crippen LogP) is 3.12. The molecule has 66 valence electrons. The summed E-state index contributed by atoms with van der Waals surface area (Å²) in [6.45, 7) is 14.2. The minimum Gasteiger partial charge on any atom is -0.313 e. The van der Waals surface area contributed by atoms with E-state index in [1.165, 1.54) is 12.8 Å². The van der Waals surface area contributed by atoms with Crippen LogP contribution in [0.5, 0.6) is 0 Å². The van der Waals surface area contributed by atoms with Crippen LogP contribution in [0, 0.1) is 23.3 Å². The van der Waals surface area contributed by atoms with E-state index in [4.69, 9.17) is 6.57 Å². The SMILES string of the molecule is [C-]#[N+][C@@H]1C[C@H]2CC[C@@]1(C)C2(C)C. The van der Waals surface area contributed by atoms with Crippen molar-refractivity contribution in [2.24, 2.45) is 16.7 Å². The van der Waals surface area contributed by atoms with Gasteiger partial charge in [-0.25, -0.2) is 6.57 Å². The van der Waals surface area contributed by atoms with Gasteiger partial charge in [0.15, 0.2) is 0 Å². The van der Waals surface area contributed by atoms with E-state index in [-0.39, 0.29) is 0 Å². The molecule has 12 heavy (non-hydrogen) atoms. The van der Waals surface area contributed by atoms with Crippen molar-refractivity contribution in [2.75, 3.05) is 0 Å². The van der Waals surface area contributed by atoms with Crippen molar-refractivity contribution < 1.29 is 0 Å². The van der Waals surface area contributed by atoms with Gasteiger partial charge in [0.25, 0.3) is 0 Å². The number of nitrogens with zero attached hydrogens (tertiary/aromatic N) is 1. The van der Waals surface area contributed by atoms with Gasteiger partial charge >= 0.3 is 0 Å². The van der Waals surface area contributed by atoms with Crippen molar-refractivity contribution in [3.05, 3.63) is 11.4 Å². The molecule has 0 aromatic rings. The number of hydrogen-bond acceptors (Lipinski definition) is 0. The summed E-state index contributed by atoms with van der Waals surface area (Å²) in [6, 6.07) is 0.311. The molecule has 2 aliphatic rings. The first kappa shape index (κ1) is 8.10. The van der Waals surface area contributed by atoms with Gasteiger partial charge in [0.05, 0.1) is 0 Å². The molecule has 0 aromatic carbocycles. The van der Waals surface area contributed by atoms with Crippen LogP contribution in [0.3, 0.4) is 0 Å². The van der Waals surface area contributed by atoms with Crippen LogP contribution in [0.15, 0.2) is 0 Å². The fraction of sp³-hybridized carbons (Fsp3) is 0.909. The van der Waals surface area contributed by atoms with Gasteiger partial charge < -0.3 is 4.85 Å². The molecule has 0 aromatic heterocycles. The Morgan fingerprint density at radius 3 is 2.25 bits per heavy atom. The number of rotatable bonds is 0. The van der Waals surface area contributed by atoms with Gasteiger partial charge in [0.2, 0.25) is 6.04 Å². The average Bonchev–Trinajstić information content (AvgIpc) is 2.34. The Balaban J connectivity index is 2.41. The summed E-state index contributed by atoms with van der Waals surface area (Å²) < 4.78 is 0. The lowest BCUT2D eigenvalue weighted by Crippen LogP contribution is -2.33. The van der Waals surface area contributed by atoms with E-state index in [9.17, 15) is 0 Å². The molecule has 0 saturated heterocycles. The van der Waals surface area contributed by atoms with Crippen LogP contribution in [-0.2, 0) is 0 Å². The van der Waals surface area contributed by atoms with Crippen molar-refractivity contribution >= 4 is 0 Å². The van der Waals surface area contributed by atoms with Crippen LogP contribution in [0.1, 0.15) is 40.0 Å². The average molecular weight is 163 g/mol. The van der Waals surface area contributed by atoms with E-state index in [1.807, 2.05) is 0 Å². The second kappa shape index (κ2) is 2.05. The minimum absolute atomic E-state index is 0.311. The highest BCUT2D eigenvalue weighted by molar-refractivity contribution is 5.16. The topological polar surface area (TPSA) is 4.36 Å². The molecule has 2 bridgehead atoms. The molecule has 2 fully saturated rings. The first-order valence-corrected chi connectivity index (χ1v) is 4.89. The number of hydrogen-bond donors (Lipinski definition) is 0. The van der Waals surface area contributed by atoms with Gasteiger partial charge in [-0.1, -0.05) is 20.8 Å². The van der Waals surface area contributed by atoms with Crippen LogP contribution in [0.4, 0.5) is 0 Å². The summed E-state index contributed by atoms with van der Waals surface area (Å²) in [5.74, 6) is 0.821. The molecule has 1 heteroatoms. The van der Waals surface area contributed by atoms with Crippen LogP contribution in [0.2, 0.25) is 0 Å². The zero-order valence-corrected chi connectivity index (χ0v) is 8.22. The zero-order chi connectivity index (χ0) is 8.98. The molecule has 1 nitrogen and oxygen atoms in total. The van der Waals surface area contributed by atoms with E-state index < -0.39 is 0 Å². The molecule has 0 spiro atoms. The maximum absolute atomic E-state index is 7.18. The number of fused-ring (bicyclic) bond motifs is 2. The Bertz CT molecular complexity index is 248. The summed E-state index contributed by atoms with van der Waals surface area (Å²) in [6.07, 6.45) is 3.79. The van der Waals surface area contributed by atoms with Crippen LogP contribution < -0.4 is 0 Å². The predicted molar refractivity (Wildman–Crippen MR) is 49.6 cm³/mol. The Hall–Kier alpha value is -0.510. The second-order valence-corrected chi connectivity index (χ2v) is 5.26. The Labute approximate surface area is 75.0 Å². The maximum atomic E-state index is 7.18. The monoisotopic (exact) mass is 163 g/mol. The summed E-state index contributed by atoms with van der Waals surface area (Å²) in [5.41, 5.74) is 0.738. The lowest BCUT2D eigenvalue weighted by molar-refractivity contribution is 0.147. The molecule has 0 aliphatic heterocycles. The smallest absolute Gasteiger partial charge is 0.229 e. The molecule has 2 saturated carbocycles. The van der Waals surface area contributed by atoms with Gasteiger partial charge in [-0.2, -0.15) is 0 Å². The molecule has 2 rings (SSSR count). The van der Waals surface area contributed by atoms with Crippen molar-refractivity contribution in [1.82, 2.24) is 0 Å².